The number of rotatable bonds is 2. The molecule has 0 radical (unpaired) electrons. The maximum atomic E-state index is 11.9. The van der Waals surface area contributed by atoms with Gasteiger partial charge < -0.3 is 5.32 Å². The molecule has 0 aliphatic heterocycles. The van der Waals surface area contributed by atoms with Crippen molar-refractivity contribution in [3.05, 3.63) is 53.3 Å². The number of thiol groups is 1. The molecule has 17 heavy (non-hydrogen) atoms. The van der Waals surface area contributed by atoms with Crippen LogP contribution in [-0.2, 0) is 0 Å². The predicted molar refractivity (Wildman–Crippen MR) is 70.9 cm³/mol. The Kier molecular flexibility index (Phi) is 3.66. The highest BCUT2D eigenvalue weighted by Gasteiger charge is 2.10. The van der Waals surface area contributed by atoms with E-state index in [4.69, 9.17) is 11.6 Å². The summed E-state index contributed by atoms with van der Waals surface area (Å²) in [7, 11) is 0. The van der Waals surface area contributed by atoms with Gasteiger partial charge in [-0.25, -0.2) is 0 Å². The van der Waals surface area contributed by atoms with E-state index in [1.807, 2.05) is 0 Å². The third-order valence-corrected chi connectivity index (χ3v) is 2.72. The van der Waals surface area contributed by atoms with E-state index < -0.39 is 0 Å². The topological polar surface area (TPSA) is 42.0 Å². The molecular formula is C12H9ClN2OS. The number of hydrogen-bond donors (Lipinski definition) is 2. The fraction of sp³-hybridized carbons (Fsp3) is 0. The van der Waals surface area contributed by atoms with Gasteiger partial charge in [0.05, 0.1) is 22.5 Å². The number of hydrogen-bond acceptors (Lipinski definition) is 3. The highest BCUT2D eigenvalue weighted by Crippen LogP contribution is 2.20. The number of benzene rings is 1. The van der Waals surface area contributed by atoms with Crippen LogP contribution in [0.5, 0.6) is 0 Å². The molecule has 2 rings (SSSR count). The van der Waals surface area contributed by atoms with E-state index in [1.165, 1.54) is 0 Å². The Balaban J connectivity index is 2.23. The van der Waals surface area contributed by atoms with Crippen LogP contribution >= 0.6 is 24.2 Å². The average molecular weight is 265 g/mol. The molecule has 1 amide bonds. The Bertz CT molecular complexity index is 545. The lowest BCUT2D eigenvalue weighted by Crippen LogP contribution is -2.12. The molecule has 5 heteroatoms. The van der Waals surface area contributed by atoms with Crippen LogP contribution in [-0.4, -0.2) is 10.9 Å². The van der Waals surface area contributed by atoms with Crippen LogP contribution in [0.2, 0.25) is 5.02 Å². The van der Waals surface area contributed by atoms with Gasteiger partial charge in [0.1, 0.15) is 0 Å². The first kappa shape index (κ1) is 12.0. The number of amides is 1. The van der Waals surface area contributed by atoms with Crippen molar-refractivity contribution in [1.29, 1.82) is 0 Å². The molecule has 0 atom stereocenters. The Morgan fingerprint density at radius 1 is 1.35 bits per heavy atom. The van der Waals surface area contributed by atoms with Crippen molar-refractivity contribution in [2.24, 2.45) is 0 Å². The van der Waals surface area contributed by atoms with Gasteiger partial charge >= 0.3 is 0 Å². The molecule has 0 bridgehead atoms. The van der Waals surface area contributed by atoms with E-state index in [2.05, 4.69) is 22.9 Å². The quantitative estimate of drug-likeness (QED) is 0.818. The lowest BCUT2D eigenvalue weighted by molar-refractivity contribution is 0.102. The zero-order valence-corrected chi connectivity index (χ0v) is 10.4. The number of nitrogens with one attached hydrogen (secondary N) is 1. The first-order chi connectivity index (χ1) is 8.16. The largest absolute Gasteiger partial charge is 0.321 e. The second kappa shape index (κ2) is 5.21. The summed E-state index contributed by atoms with van der Waals surface area (Å²) in [6, 6.07) is 8.49. The SMILES string of the molecule is O=C(Nc1cccnc1)c1cc(S)ccc1Cl. The van der Waals surface area contributed by atoms with Crippen LogP contribution in [0.15, 0.2) is 47.6 Å². The minimum absolute atomic E-state index is 0.279. The van der Waals surface area contributed by atoms with Crippen molar-refractivity contribution in [2.75, 3.05) is 5.32 Å². The second-order valence-corrected chi connectivity index (χ2v) is 4.28. The number of pyridine rings is 1. The number of halogens is 1. The number of carbonyl (C=O) groups is 1. The van der Waals surface area contributed by atoms with Gasteiger partial charge in [-0.05, 0) is 30.3 Å². The van der Waals surface area contributed by atoms with Crippen molar-refractivity contribution in [3.8, 4) is 0 Å². The number of anilines is 1. The molecule has 1 heterocycles. The lowest BCUT2D eigenvalue weighted by Gasteiger charge is -2.06. The van der Waals surface area contributed by atoms with Gasteiger partial charge in [0.2, 0.25) is 0 Å². The second-order valence-electron chi connectivity index (χ2n) is 3.36. The van der Waals surface area contributed by atoms with Crippen molar-refractivity contribution >= 4 is 35.8 Å². The van der Waals surface area contributed by atoms with Crippen molar-refractivity contribution in [3.63, 3.8) is 0 Å². The highest BCUT2D eigenvalue weighted by molar-refractivity contribution is 7.80. The van der Waals surface area contributed by atoms with E-state index in [1.54, 1.807) is 42.7 Å². The number of carbonyl (C=O) groups excluding carboxylic acids is 1. The molecule has 3 nitrogen and oxygen atoms in total. The lowest BCUT2D eigenvalue weighted by atomic mass is 10.2. The maximum Gasteiger partial charge on any atom is 0.257 e. The van der Waals surface area contributed by atoms with Gasteiger partial charge in [-0.1, -0.05) is 11.6 Å². The molecule has 1 aromatic carbocycles. The summed E-state index contributed by atoms with van der Waals surface area (Å²) in [6.45, 7) is 0. The smallest absolute Gasteiger partial charge is 0.257 e. The Labute approximate surface area is 109 Å². The number of aromatic nitrogens is 1. The standard InChI is InChI=1S/C12H9ClN2OS/c13-11-4-3-9(17)6-10(11)12(16)15-8-2-1-5-14-7-8/h1-7,17H,(H,15,16). The van der Waals surface area contributed by atoms with Crippen LogP contribution in [0.3, 0.4) is 0 Å². The molecule has 0 aliphatic rings. The molecule has 0 unspecified atom stereocenters. The third kappa shape index (κ3) is 2.99. The molecule has 86 valence electrons. The van der Waals surface area contributed by atoms with Crippen molar-refractivity contribution < 1.29 is 4.79 Å². The summed E-state index contributed by atoms with van der Waals surface area (Å²) in [4.78, 5) is 16.5. The van der Waals surface area contributed by atoms with Crippen LogP contribution in [0.1, 0.15) is 10.4 Å². The summed E-state index contributed by atoms with van der Waals surface area (Å²) < 4.78 is 0. The third-order valence-electron chi connectivity index (χ3n) is 2.11. The zero-order valence-electron chi connectivity index (χ0n) is 8.72. The van der Waals surface area contributed by atoms with Crippen LogP contribution in [0.25, 0.3) is 0 Å². The summed E-state index contributed by atoms with van der Waals surface area (Å²) in [5.41, 5.74) is 1.01. The van der Waals surface area contributed by atoms with E-state index >= 15 is 0 Å². The average Bonchev–Trinajstić information content (AvgIpc) is 2.33. The van der Waals surface area contributed by atoms with E-state index in [0.717, 1.165) is 0 Å². The Morgan fingerprint density at radius 2 is 2.18 bits per heavy atom. The van der Waals surface area contributed by atoms with E-state index in [9.17, 15) is 4.79 Å². The minimum atomic E-state index is -0.279. The van der Waals surface area contributed by atoms with E-state index in [-0.39, 0.29) is 5.91 Å². The molecule has 0 saturated carbocycles. The summed E-state index contributed by atoms with van der Waals surface area (Å²) in [5.74, 6) is -0.279. The fourth-order valence-electron chi connectivity index (χ4n) is 1.32. The van der Waals surface area contributed by atoms with Gasteiger partial charge in [0.15, 0.2) is 0 Å². The van der Waals surface area contributed by atoms with Gasteiger partial charge in [0, 0.05) is 11.1 Å². The summed E-state index contributed by atoms with van der Waals surface area (Å²) in [6.07, 6.45) is 3.20. The van der Waals surface area contributed by atoms with Crippen LogP contribution in [0.4, 0.5) is 5.69 Å². The zero-order chi connectivity index (χ0) is 12.3. The summed E-state index contributed by atoms with van der Waals surface area (Å²) >= 11 is 10.1. The van der Waals surface area contributed by atoms with Gasteiger partial charge in [-0.15, -0.1) is 12.6 Å². The predicted octanol–water partition coefficient (Wildman–Crippen LogP) is 3.28. The van der Waals surface area contributed by atoms with Crippen LogP contribution in [0, 0.1) is 0 Å². The summed E-state index contributed by atoms with van der Waals surface area (Å²) in [5, 5.41) is 3.10. The van der Waals surface area contributed by atoms with Crippen LogP contribution < -0.4 is 5.32 Å². The molecule has 1 aromatic heterocycles. The van der Waals surface area contributed by atoms with Crippen molar-refractivity contribution in [2.45, 2.75) is 4.90 Å². The van der Waals surface area contributed by atoms with Gasteiger partial charge in [0.25, 0.3) is 5.91 Å². The molecule has 0 fully saturated rings. The molecule has 0 saturated heterocycles. The maximum absolute atomic E-state index is 11.9. The van der Waals surface area contributed by atoms with E-state index in [0.29, 0.717) is 21.2 Å². The first-order valence-corrected chi connectivity index (χ1v) is 5.69. The minimum Gasteiger partial charge on any atom is -0.321 e. The molecule has 0 spiro atoms. The molecule has 2 aromatic rings. The highest BCUT2D eigenvalue weighted by atomic mass is 35.5. The number of nitrogens with zero attached hydrogens (tertiary/aromatic N) is 1. The van der Waals surface area contributed by atoms with Gasteiger partial charge in [-0.3, -0.25) is 9.78 Å². The molecular weight excluding hydrogens is 256 g/mol. The first-order valence-electron chi connectivity index (χ1n) is 4.87. The Hall–Kier alpha value is -1.52. The monoisotopic (exact) mass is 264 g/mol. The molecule has 0 aliphatic carbocycles. The molecule has 1 N–H and O–H groups in total. The van der Waals surface area contributed by atoms with Gasteiger partial charge in [-0.2, -0.15) is 0 Å². The normalized spacial score (nSPS) is 10.0. The Morgan fingerprint density at radius 3 is 2.88 bits per heavy atom. The fourth-order valence-corrected chi connectivity index (χ4v) is 1.73. The van der Waals surface area contributed by atoms with Crippen molar-refractivity contribution in [1.82, 2.24) is 4.98 Å².